The molecule has 5 aliphatic rings. The van der Waals surface area contributed by atoms with Gasteiger partial charge in [0.1, 0.15) is 0 Å². The molecule has 6 rings (SSSR count). The molecule has 4 heteroatoms. The van der Waals surface area contributed by atoms with E-state index in [1.54, 1.807) is 0 Å². The average molecular weight is 467 g/mol. The quantitative estimate of drug-likeness (QED) is 0.488. The highest BCUT2D eigenvalue weighted by Gasteiger charge is 2.70. The zero-order valence-electron chi connectivity index (χ0n) is 21.7. The summed E-state index contributed by atoms with van der Waals surface area (Å²) in [6.45, 7) is 12.4. The number of ether oxygens (including phenoxy) is 2. The molecular weight excluding hydrogens is 424 g/mol. The summed E-state index contributed by atoms with van der Waals surface area (Å²) >= 11 is 0. The SMILES string of the molecule is C[C@@]1(O)CC[C@@]2(C)[C@H](CC[C@@H]3[C@]2(C)CC[C@]2(C)[C@@H](C(=O)c4ccc5c(c4)OCO5)CC[C@@]32C)C1. The van der Waals surface area contributed by atoms with Crippen molar-refractivity contribution in [1.82, 2.24) is 0 Å². The predicted octanol–water partition coefficient (Wildman–Crippen LogP) is 6.79. The Kier molecular flexibility index (Phi) is 4.73. The topological polar surface area (TPSA) is 55.8 Å². The predicted molar refractivity (Wildman–Crippen MR) is 132 cm³/mol. The summed E-state index contributed by atoms with van der Waals surface area (Å²) in [6.07, 6.45) is 9.91. The zero-order valence-corrected chi connectivity index (χ0v) is 21.7. The van der Waals surface area contributed by atoms with Crippen LogP contribution in [0.2, 0.25) is 0 Å². The van der Waals surface area contributed by atoms with E-state index in [1.165, 1.54) is 19.3 Å². The molecule has 4 saturated carbocycles. The molecule has 0 radical (unpaired) electrons. The number of hydrogen-bond acceptors (Lipinski definition) is 4. The second kappa shape index (κ2) is 7.02. The van der Waals surface area contributed by atoms with E-state index in [1.807, 2.05) is 25.1 Å². The fourth-order valence-electron chi connectivity index (χ4n) is 10.00. The van der Waals surface area contributed by atoms with E-state index < -0.39 is 5.60 Å². The van der Waals surface area contributed by atoms with Crippen molar-refractivity contribution in [3.63, 3.8) is 0 Å². The number of benzene rings is 1. The third-order valence-corrected chi connectivity index (χ3v) is 12.6. The Labute approximate surface area is 204 Å². The van der Waals surface area contributed by atoms with Crippen LogP contribution in [-0.2, 0) is 0 Å². The lowest BCUT2D eigenvalue weighted by atomic mass is 9.34. The number of rotatable bonds is 2. The third-order valence-electron chi connectivity index (χ3n) is 12.6. The van der Waals surface area contributed by atoms with Gasteiger partial charge in [-0.05, 0) is 116 Å². The van der Waals surface area contributed by atoms with E-state index in [4.69, 9.17) is 9.47 Å². The Morgan fingerprint density at radius 3 is 2.29 bits per heavy atom. The first-order chi connectivity index (χ1) is 15.9. The summed E-state index contributed by atoms with van der Waals surface area (Å²) in [5.74, 6) is 3.05. The molecule has 1 aromatic rings. The van der Waals surface area contributed by atoms with Crippen LogP contribution >= 0.6 is 0 Å². The standard InChI is InChI=1S/C30H42O4/c1-26(32)12-13-27(2)20(17-26)7-9-24-29(4)11-10-21(28(29,3)14-15-30(24,27)5)25(31)19-6-8-22-23(16-19)34-18-33-22/h6,8,16,20-21,24,32H,7,9-15,17-18H2,1-5H3/t20-,21-,24+,26-,27+,28-,29+,30+/m1/s1. The number of fused-ring (bicyclic) bond motifs is 6. The average Bonchev–Trinajstić information content (AvgIpc) is 3.36. The summed E-state index contributed by atoms with van der Waals surface area (Å²) in [4.78, 5) is 13.9. The van der Waals surface area contributed by atoms with Gasteiger partial charge in [0, 0.05) is 11.5 Å². The van der Waals surface area contributed by atoms with Crippen molar-refractivity contribution in [1.29, 1.82) is 0 Å². The molecule has 1 N–H and O–H groups in total. The first kappa shape index (κ1) is 22.9. The van der Waals surface area contributed by atoms with Gasteiger partial charge in [-0.2, -0.15) is 0 Å². The minimum Gasteiger partial charge on any atom is -0.454 e. The van der Waals surface area contributed by atoms with Gasteiger partial charge in [-0.1, -0.05) is 27.7 Å². The molecule has 0 saturated heterocycles. The highest BCUT2D eigenvalue weighted by molar-refractivity contribution is 5.99. The molecule has 0 spiro atoms. The number of carbonyl (C=O) groups excluding carboxylic acids is 1. The molecular formula is C30H42O4. The zero-order chi connectivity index (χ0) is 24.1. The monoisotopic (exact) mass is 466 g/mol. The summed E-state index contributed by atoms with van der Waals surface area (Å²) in [6, 6.07) is 5.73. The normalized spacial score (nSPS) is 49.2. The van der Waals surface area contributed by atoms with Crippen molar-refractivity contribution in [2.24, 2.45) is 39.4 Å². The van der Waals surface area contributed by atoms with Crippen LogP contribution < -0.4 is 9.47 Å². The summed E-state index contributed by atoms with van der Waals surface area (Å²) in [5, 5.41) is 10.9. The summed E-state index contributed by atoms with van der Waals surface area (Å²) in [5.41, 5.74) is 1.02. The molecule has 4 nitrogen and oxygen atoms in total. The first-order valence-electron chi connectivity index (χ1n) is 13.6. The van der Waals surface area contributed by atoms with Crippen LogP contribution in [0.25, 0.3) is 0 Å². The van der Waals surface area contributed by atoms with Gasteiger partial charge in [0.25, 0.3) is 0 Å². The lowest BCUT2D eigenvalue weighted by Crippen LogP contribution is -2.64. The van der Waals surface area contributed by atoms with Crippen LogP contribution in [0.3, 0.4) is 0 Å². The van der Waals surface area contributed by atoms with Crippen LogP contribution in [-0.4, -0.2) is 23.3 Å². The Morgan fingerprint density at radius 1 is 0.824 bits per heavy atom. The van der Waals surface area contributed by atoms with Crippen LogP contribution in [0.1, 0.15) is 103 Å². The number of carbonyl (C=O) groups is 1. The molecule has 4 aliphatic carbocycles. The molecule has 1 aliphatic heterocycles. The van der Waals surface area contributed by atoms with Crippen molar-refractivity contribution < 1.29 is 19.4 Å². The van der Waals surface area contributed by atoms with Crippen molar-refractivity contribution >= 4 is 5.78 Å². The number of aliphatic hydroxyl groups is 1. The molecule has 1 aromatic carbocycles. The molecule has 186 valence electrons. The van der Waals surface area contributed by atoms with Crippen molar-refractivity contribution in [3.8, 4) is 11.5 Å². The summed E-state index contributed by atoms with van der Waals surface area (Å²) < 4.78 is 11.0. The molecule has 34 heavy (non-hydrogen) atoms. The molecule has 4 fully saturated rings. The lowest BCUT2D eigenvalue weighted by molar-refractivity contribution is -0.221. The van der Waals surface area contributed by atoms with Gasteiger partial charge in [0.2, 0.25) is 6.79 Å². The van der Waals surface area contributed by atoms with Crippen molar-refractivity contribution in [2.75, 3.05) is 6.79 Å². The highest BCUT2D eigenvalue weighted by Crippen LogP contribution is 2.77. The number of hydrogen-bond donors (Lipinski definition) is 1. The maximum Gasteiger partial charge on any atom is 0.231 e. The molecule has 0 unspecified atom stereocenters. The Balaban J connectivity index is 1.32. The van der Waals surface area contributed by atoms with E-state index >= 15 is 0 Å². The van der Waals surface area contributed by atoms with Crippen LogP contribution in [0.15, 0.2) is 18.2 Å². The van der Waals surface area contributed by atoms with Gasteiger partial charge >= 0.3 is 0 Å². The van der Waals surface area contributed by atoms with Crippen LogP contribution in [0.5, 0.6) is 11.5 Å². The van der Waals surface area contributed by atoms with Crippen molar-refractivity contribution in [2.45, 2.75) is 98.0 Å². The van der Waals surface area contributed by atoms with Crippen LogP contribution in [0, 0.1) is 39.4 Å². The van der Waals surface area contributed by atoms with Gasteiger partial charge in [-0.3, -0.25) is 4.79 Å². The maximum absolute atomic E-state index is 13.9. The van der Waals surface area contributed by atoms with Gasteiger partial charge in [0.15, 0.2) is 17.3 Å². The third kappa shape index (κ3) is 2.78. The molecule has 1 heterocycles. The summed E-state index contributed by atoms with van der Waals surface area (Å²) in [7, 11) is 0. The Bertz CT molecular complexity index is 1030. The van der Waals surface area contributed by atoms with E-state index in [0.717, 1.165) is 49.8 Å². The fourth-order valence-corrected chi connectivity index (χ4v) is 10.00. The Hall–Kier alpha value is -1.55. The first-order valence-corrected chi connectivity index (χ1v) is 13.6. The fraction of sp³-hybridized carbons (Fsp3) is 0.767. The number of ketones is 1. The largest absolute Gasteiger partial charge is 0.454 e. The highest BCUT2D eigenvalue weighted by atomic mass is 16.7. The second-order valence-electron chi connectivity index (χ2n) is 13.7. The minimum absolute atomic E-state index is 0.0218. The molecule has 0 bridgehead atoms. The lowest BCUT2D eigenvalue weighted by Gasteiger charge is -2.70. The molecule has 0 aromatic heterocycles. The van der Waals surface area contributed by atoms with Gasteiger partial charge < -0.3 is 14.6 Å². The minimum atomic E-state index is -0.504. The maximum atomic E-state index is 13.9. The van der Waals surface area contributed by atoms with E-state index in [-0.39, 0.29) is 34.4 Å². The van der Waals surface area contributed by atoms with Gasteiger partial charge in [-0.15, -0.1) is 0 Å². The van der Waals surface area contributed by atoms with Crippen LogP contribution in [0.4, 0.5) is 0 Å². The number of Topliss-reactive ketones (excluding diaryl/α,β-unsaturated/α-hetero) is 1. The molecule has 8 atom stereocenters. The van der Waals surface area contributed by atoms with Gasteiger partial charge in [0.05, 0.1) is 5.60 Å². The van der Waals surface area contributed by atoms with Crippen molar-refractivity contribution in [3.05, 3.63) is 23.8 Å². The van der Waals surface area contributed by atoms with E-state index in [9.17, 15) is 9.90 Å². The Morgan fingerprint density at radius 2 is 1.50 bits per heavy atom. The van der Waals surface area contributed by atoms with E-state index in [2.05, 4.69) is 27.7 Å². The van der Waals surface area contributed by atoms with Gasteiger partial charge in [-0.25, -0.2) is 0 Å². The smallest absolute Gasteiger partial charge is 0.231 e. The van der Waals surface area contributed by atoms with E-state index in [0.29, 0.717) is 23.4 Å². The molecule has 0 amide bonds. The second-order valence-corrected chi connectivity index (χ2v) is 13.7.